The lowest BCUT2D eigenvalue weighted by Crippen LogP contribution is -2.51. The molecular formula is C22H26N4. The number of nitrogens with zero attached hydrogens (tertiary/aromatic N) is 3. The lowest BCUT2D eigenvalue weighted by Gasteiger charge is -2.40. The van der Waals surface area contributed by atoms with Crippen LogP contribution in [-0.4, -0.2) is 40.5 Å². The van der Waals surface area contributed by atoms with Crippen molar-refractivity contribution in [2.45, 2.75) is 26.4 Å². The standard InChI is InChI=1S/C22H26N4/c1-17-15-26(14-13-25(17)16-19-9-5-3-6-10-19)22-18(2)23-21(24-22)20-11-7-4-8-12-20/h3-12,17H,13-16H2,1-2H3,(H,23,24). The predicted molar refractivity (Wildman–Crippen MR) is 107 cm³/mol. The van der Waals surface area contributed by atoms with Crippen molar-refractivity contribution in [1.29, 1.82) is 0 Å². The number of aromatic amines is 1. The number of benzene rings is 2. The monoisotopic (exact) mass is 346 g/mol. The van der Waals surface area contributed by atoms with Crippen LogP contribution >= 0.6 is 0 Å². The van der Waals surface area contributed by atoms with E-state index in [0.29, 0.717) is 6.04 Å². The van der Waals surface area contributed by atoms with Crippen molar-refractivity contribution < 1.29 is 0 Å². The number of aromatic nitrogens is 2. The molecule has 4 heteroatoms. The van der Waals surface area contributed by atoms with Crippen LogP contribution in [0.3, 0.4) is 0 Å². The summed E-state index contributed by atoms with van der Waals surface area (Å²) < 4.78 is 0. The first-order chi connectivity index (χ1) is 12.7. The van der Waals surface area contributed by atoms with Gasteiger partial charge in [-0.05, 0) is 19.4 Å². The van der Waals surface area contributed by atoms with Crippen molar-refractivity contribution in [1.82, 2.24) is 14.9 Å². The van der Waals surface area contributed by atoms with Crippen molar-refractivity contribution in [2.75, 3.05) is 24.5 Å². The van der Waals surface area contributed by atoms with Gasteiger partial charge in [0, 0.05) is 37.8 Å². The topological polar surface area (TPSA) is 35.2 Å². The fourth-order valence-electron chi connectivity index (χ4n) is 3.73. The summed E-state index contributed by atoms with van der Waals surface area (Å²) in [5, 5.41) is 0. The molecule has 1 fully saturated rings. The number of hydrogen-bond acceptors (Lipinski definition) is 3. The van der Waals surface area contributed by atoms with E-state index in [0.717, 1.165) is 49.1 Å². The number of anilines is 1. The Hall–Kier alpha value is -2.59. The summed E-state index contributed by atoms with van der Waals surface area (Å²) in [6.45, 7) is 8.53. The molecule has 4 nitrogen and oxygen atoms in total. The van der Waals surface area contributed by atoms with E-state index in [1.807, 2.05) is 6.07 Å². The smallest absolute Gasteiger partial charge is 0.150 e. The Bertz CT molecular complexity index is 841. The number of rotatable bonds is 4. The fraction of sp³-hybridized carbons (Fsp3) is 0.318. The molecule has 134 valence electrons. The van der Waals surface area contributed by atoms with E-state index in [1.54, 1.807) is 0 Å². The summed E-state index contributed by atoms with van der Waals surface area (Å²) in [4.78, 5) is 13.3. The van der Waals surface area contributed by atoms with Gasteiger partial charge in [-0.3, -0.25) is 4.90 Å². The minimum absolute atomic E-state index is 0.500. The molecule has 4 rings (SSSR count). The van der Waals surface area contributed by atoms with Crippen LogP contribution in [0.1, 0.15) is 18.2 Å². The molecule has 2 heterocycles. The first-order valence-electron chi connectivity index (χ1n) is 9.35. The van der Waals surface area contributed by atoms with Crippen molar-refractivity contribution in [3.63, 3.8) is 0 Å². The highest BCUT2D eigenvalue weighted by atomic mass is 15.3. The molecule has 1 unspecified atom stereocenters. The Labute approximate surface area is 155 Å². The fourth-order valence-corrected chi connectivity index (χ4v) is 3.73. The summed E-state index contributed by atoms with van der Waals surface area (Å²) in [6.07, 6.45) is 0. The molecule has 1 aliphatic rings. The molecule has 0 bridgehead atoms. The molecule has 0 saturated carbocycles. The zero-order valence-electron chi connectivity index (χ0n) is 15.5. The molecule has 0 aliphatic carbocycles. The van der Waals surface area contributed by atoms with Crippen molar-refractivity contribution >= 4 is 5.82 Å². The van der Waals surface area contributed by atoms with Gasteiger partial charge in [0.05, 0.1) is 5.69 Å². The van der Waals surface area contributed by atoms with E-state index in [4.69, 9.17) is 4.98 Å². The summed E-state index contributed by atoms with van der Waals surface area (Å²) in [6, 6.07) is 21.6. The van der Waals surface area contributed by atoms with Crippen LogP contribution in [0.25, 0.3) is 11.4 Å². The van der Waals surface area contributed by atoms with E-state index >= 15 is 0 Å². The Morgan fingerprint density at radius 2 is 1.69 bits per heavy atom. The third-order valence-electron chi connectivity index (χ3n) is 5.20. The molecule has 2 aromatic carbocycles. The third kappa shape index (κ3) is 3.51. The Morgan fingerprint density at radius 3 is 2.38 bits per heavy atom. The van der Waals surface area contributed by atoms with Gasteiger partial charge in [-0.15, -0.1) is 0 Å². The Kier molecular flexibility index (Phi) is 4.76. The summed E-state index contributed by atoms with van der Waals surface area (Å²) in [5.41, 5.74) is 3.67. The highest BCUT2D eigenvalue weighted by Crippen LogP contribution is 2.26. The number of aryl methyl sites for hydroxylation is 1. The van der Waals surface area contributed by atoms with Gasteiger partial charge >= 0.3 is 0 Å². The second kappa shape index (κ2) is 7.34. The molecule has 3 aromatic rings. The average molecular weight is 346 g/mol. The molecule has 1 aliphatic heterocycles. The largest absolute Gasteiger partial charge is 0.352 e. The average Bonchev–Trinajstić information content (AvgIpc) is 3.07. The molecule has 1 N–H and O–H groups in total. The molecule has 0 amide bonds. The van der Waals surface area contributed by atoms with Gasteiger partial charge in [-0.1, -0.05) is 60.7 Å². The zero-order chi connectivity index (χ0) is 17.9. The summed E-state index contributed by atoms with van der Waals surface area (Å²) >= 11 is 0. The summed E-state index contributed by atoms with van der Waals surface area (Å²) in [7, 11) is 0. The normalized spacial score (nSPS) is 18.2. The van der Waals surface area contributed by atoms with Gasteiger partial charge in [0.15, 0.2) is 0 Å². The van der Waals surface area contributed by atoms with Gasteiger partial charge in [0.25, 0.3) is 0 Å². The van der Waals surface area contributed by atoms with E-state index in [1.165, 1.54) is 5.56 Å². The third-order valence-corrected chi connectivity index (χ3v) is 5.20. The second-order valence-electron chi connectivity index (χ2n) is 7.15. The van der Waals surface area contributed by atoms with Crippen LogP contribution in [-0.2, 0) is 6.54 Å². The second-order valence-corrected chi connectivity index (χ2v) is 7.15. The number of piperazine rings is 1. The van der Waals surface area contributed by atoms with E-state index < -0.39 is 0 Å². The molecule has 0 radical (unpaired) electrons. The van der Waals surface area contributed by atoms with E-state index in [-0.39, 0.29) is 0 Å². The van der Waals surface area contributed by atoms with Gasteiger partial charge in [-0.25, -0.2) is 4.98 Å². The molecule has 1 saturated heterocycles. The van der Waals surface area contributed by atoms with Crippen molar-refractivity contribution in [2.24, 2.45) is 0 Å². The number of H-pyrrole nitrogens is 1. The van der Waals surface area contributed by atoms with E-state index in [9.17, 15) is 0 Å². The van der Waals surface area contributed by atoms with E-state index in [2.05, 4.69) is 83.2 Å². The van der Waals surface area contributed by atoms with Crippen LogP contribution in [0.2, 0.25) is 0 Å². The summed E-state index contributed by atoms with van der Waals surface area (Å²) in [5.74, 6) is 2.05. The quantitative estimate of drug-likeness (QED) is 0.772. The van der Waals surface area contributed by atoms with Crippen LogP contribution in [0.15, 0.2) is 60.7 Å². The molecular weight excluding hydrogens is 320 g/mol. The Morgan fingerprint density at radius 1 is 1.00 bits per heavy atom. The number of nitrogens with one attached hydrogen (secondary N) is 1. The molecule has 1 aromatic heterocycles. The van der Waals surface area contributed by atoms with Crippen LogP contribution in [0, 0.1) is 6.92 Å². The minimum atomic E-state index is 0.500. The van der Waals surface area contributed by atoms with Crippen molar-refractivity contribution in [3.8, 4) is 11.4 Å². The number of hydrogen-bond donors (Lipinski definition) is 1. The van der Waals surface area contributed by atoms with Gasteiger partial charge in [0.2, 0.25) is 0 Å². The molecule has 26 heavy (non-hydrogen) atoms. The molecule has 0 spiro atoms. The van der Waals surface area contributed by atoms with Gasteiger partial charge in [-0.2, -0.15) is 0 Å². The SMILES string of the molecule is Cc1[nH]c(-c2ccccc2)nc1N1CCN(Cc2ccccc2)C(C)C1. The van der Waals surface area contributed by atoms with Gasteiger partial charge < -0.3 is 9.88 Å². The van der Waals surface area contributed by atoms with Gasteiger partial charge in [0.1, 0.15) is 11.6 Å². The minimum Gasteiger partial charge on any atom is -0.352 e. The maximum absolute atomic E-state index is 4.90. The Balaban J connectivity index is 1.46. The predicted octanol–water partition coefficient (Wildman–Crippen LogP) is 4.10. The first kappa shape index (κ1) is 16.9. The lowest BCUT2D eigenvalue weighted by atomic mass is 10.1. The lowest BCUT2D eigenvalue weighted by molar-refractivity contribution is 0.180. The highest BCUT2D eigenvalue weighted by molar-refractivity contribution is 5.60. The molecule has 1 atom stereocenters. The van der Waals surface area contributed by atoms with Crippen LogP contribution in [0.5, 0.6) is 0 Å². The first-order valence-corrected chi connectivity index (χ1v) is 9.35. The highest BCUT2D eigenvalue weighted by Gasteiger charge is 2.26. The van der Waals surface area contributed by atoms with Crippen LogP contribution in [0.4, 0.5) is 5.82 Å². The van der Waals surface area contributed by atoms with Crippen molar-refractivity contribution in [3.05, 3.63) is 71.9 Å². The maximum Gasteiger partial charge on any atom is 0.150 e. The zero-order valence-corrected chi connectivity index (χ0v) is 15.5. The van der Waals surface area contributed by atoms with Crippen LogP contribution < -0.4 is 4.90 Å². The number of imidazole rings is 1. The maximum atomic E-state index is 4.90.